The first-order chi connectivity index (χ1) is 11.4. The Hall–Kier alpha value is -1.92. The van der Waals surface area contributed by atoms with Gasteiger partial charge in [-0.2, -0.15) is 0 Å². The molecule has 0 saturated carbocycles. The molecule has 0 aliphatic rings. The van der Waals surface area contributed by atoms with E-state index in [4.69, 9.17) is 5.73 Å². The second-order valence-electron chi connectivity index (χ2n) is 6.06. The van der Waals surface area contributed by atoms with E-state index < -0.39 is 0 Å². The molecule has 0 unspecified atom stereocenters. The molecule has 24 heavy (non-hydrogen) atoms. The van der Waals surface area contributed by atoms with Gasteiger partial charge in [-0.1, -0.05) is 35.8 Å². The number of amides is 1. The van der Waals surface area contributed by atoms with Crippen LogP contribution >= 0.6 is 27.3 Å². The first-order valence-corrected chi connectivity index (χ1v) is 9.30. The molecule has 3 N–H and O–H groups in total. The molecular formula is C18H18BrN3OS. The van der Waals surface area contributed by atoms with Crippen LogP contribution in [0, 0.1) is 5.92 Å². The predicted molar refractivity (Wildman–Crippen MR) is 105 cm³/mol. The van der Waals surface area contributed by atoms with Gasteiger partial charge < -0.3 is 11.1 Å². The van der Waals surface area contributed by atoms with Gasteiger partial charge in [-0.25, -0.2) is 4.98 Å². The maximum absolute atomic E-state index is 12.6. The molecular weight excluding hydrogens is 386 g/mol. The molecule has 0 radical (unpaired) electrons. The molecule has 0 spiro atoms. The van der Waals surface area contributed by atoms with Crippen LogP contribution in [-0.2, 0) is 6.42 Å². The Morgan fingerprint density at radius 2 is 2.12 bits per heavy atom. The molecule has 4 nitrogen and oxygen atoms in total. The monoisotopic (exact) mass is 403 g/mol. The number of hydrogen-bond donors (Lipinski definition) is 2. The van der Waals surface area contributed by atoms with Crippen LogP contribution in [0.15, 0.2) is 40.9 Å². The molecule has 2 aromatic heterocycles. The van der Waals surface area contributed by atoms with E-state index in [1.165, 1.54) is 11.3 Å². The van der Waals surface area contributed by atoms with Crippen molar-refractivity contribution in [1.29, 1.82) is 0 Å². The SMILES string of the molecule is CC(C)Cc1ccc2c(N)c(C(=O)Nc3cccc(Br)c3)sc2n1. The van der Waals surface area contributed by atoms with E-state index in [1.807, 2.05) is 36.4 Å². The van der Waals surface area contributed by atoms with E-state index in [0.717, 1.165) is 32.5 Å². The number of benzene rings is 1. The number of thiophene rings is 1. The lowest BCUT2D eigenvalue weighted by Gasteiger charge is -2.04. The van der Waals surface area contributed by atoms with Crippen molar-refractivity contribution < 1.29 is 4.79 Å². The minimum absolute atomic E-state index is 0.209. The van der Waals surface area contributed by atoms with Crippen LogP contribution in [0.2, 0.25) is 0 Å². The quantitative estimate of drug-likeness (QED) is 0.636. The Bertz CT molecular complexity index is 904. The fourth-order valence-corrected chi connectivity index (χ4v) is 3.90. The smallest absolute Gasteiger partial charge is 0.267 e. The summed E-state index contributed by atoms with van der Waals surface area (Å²) in [5.41, 5.74) is 8.41. The molecule has 2 heterocycles. The van der Waals surface area contributed by atoms with Crippen molar-refractivity contribution in [2.45, 2.75) is 20.3 Å². The van der Waals surface area contributed by atoms with Crippen LogP contribution in [-0.4, -0.2) is 10.9 Å². The van der Waals surface area contributed by atoms with Gasteiger partial charge in [0.15, 0.2) is 0 Å². The molecule has 0 bridgehead atoms. The Balaban J connectivity index is 1.91. The highest BCUT2D eigenvalue weighted by Crippen LogP contribution is 2.33. The fraction of sp³-hybridized carbons (Fsp3) is 0.222. The normalized spacial score (nSPS) is 11.2. The van der Waals surface area contributed by atoms with E-state index in [0.29, 0.717) is 16.5 Å². The number of pyridine rings is 1. The maximum atomic E-state index is 12.6. The highest BCUT2D eigenvalue weighted by molar-refractivity contribution is 9.10. The number of halogens is 1. The third-order valence-electron chi connectivity index (χ3n) is 3.56. The summed E-state index contributed by atoms with van der Waals surface area (Å²) in [5.74, 6) is 0.325. The fourth-order valence-electron chi connectivity index (χ4n) is 2.49. The standard InChI is InChI=1S/C18H18BrN3OS/c1-10(2)8-13-6-7-14-15(20)16(24-18(14)22-13)17(23)21-12-5-3-4-11(19)9-12/h3-7,9-10H,8,20H2,1-2H3,(H,21,23). The average Bonchev–Trinajstić information content (AvgIpc) is 2.83. The van der Waals surface area contributed by atoms with Crippen molar-refractivity contribution >= 4 is 54.8 Å². The minimum atomic E-state index is -0.209. The molecule has 0 fully saturated rings. The van der Waals surface area contributed by atoms with Crippen molar-refractivity contribution in [3.8, 4) is 0 Å². The first-order valence-electron chi connectivity index (χ1n) is 7.69. The van der Waals surface area contributed by atoms with Gasteiger partial charge in [-0.05, 0) is 42.7 Å². The number of fused-ring (bicyclic) bond motifs is 1. The van der Waals surface area contributed by atoms with Crippen molar-refractivity contribution in [3.05, 3.63) is 51.4 Å². The number of aromatic nitrogens is 1. The molecule has 3 rings (SSSR count). The number of nitrogen functional groups attached to an aromatic ring is 1. The molecule has 3 aromatic rings. The molecule has 0 aliphatic heterocycles. The van der Waals surface area contributed by atoms with Crippen LogP contribution < -0.4 is 11.1 Å². The van der Waals surface area contributed by atoms with Crippen molar-refractivity contribution in [1.82, 2.24) is 4.98 Å². The number of nitrogens with one attached hydrogen (secondary N) is 1. The summed E-state index contributed by atoms with van der Waals surface area (Å²) in [6.07, 6.45) is 0.910. The lowest BCUT2D eigenvalue weighted by atomic mass is 10.1. The van der Waals surface area contributed by atoms with Gasteiger partial charge in [0, 0.05) is 21.2 Å². The molecule has 6 heteroatoms. The predicted octanol–water partition coefficient (Wildman–Crippen LogP) is 5.09. The number of carbonyl (C=O) groups excluding carboxylic acids is 1. The van der Waals surface area contributed by atoms with Gasteiger partial charge in [0.2, 0.25) is 0 Å². The summed E-state index contributed by atoms with van der Waals surface area (Å²) < 4.78 is 0.907. The van der Waals surface area contributed by atoms with Crippen LogP contribution in [0.4, 0.5) is 11.4 Å². The van der Waals surface area contributed by atoms with Crippen LogP contribution in [0.5, 0.6) is 0 Å². The second-order valence-corrected chi connectivity index (χ2v) is 7.98. The number of nitrogens with zero attached hydrogens (tertiary/aromatic N) is 1. The summed E-state index contributed by atoms with van der Waals surface area (Å²) >= 11 is 4.73. The average molecular weight is 404 g/mol. The van der Waals surface area contributed by atoms with E-state index in [9.17, 15) is 4.79 Å². The van der Waals surface area contributed by atoms with Gasteiger partial charge >= 0.3 is 0 Å². The van der Waals surface area contributed by atoms with Crippen molar-refractivity contribution in [2.75, 3.05) is 11.1 Å². The van der Waals surface area contributed by atoms with Crippen molar-refractivity contribution in [2.24, 2.45) is 5.92 Å². The van der Waals surface area contributed by atoms with Crippen molar-refractivity contribution in [3.63, 3.8) is 0 Å². The number of carbonyl (C=O) groups is 1. The maximum Gasteiger partial charge on any atom is 0.267 e. The van der Waals surface area contributed by atoms with Crippen LogP contribution in [0.25, 0.3) is 10.2 Å². The number of nitrogens with two attached hydrogens (primary N) is 1. The lowest BCUT2D eigenvalue weighted by molar-refractivity contribution is 0.103. The zero-order valence-corrected chi connectivity index (χ0v) is 15.9. The van der Waals surface area contributed by atoms with Crippen LogP contribution in [0.3, 0.4) is 0 Å². The van der Waals surface area contributed by atoms with E-state index in [1.54, 1.807) is 0 Å². The third-order valence-corrected chi connectivity index (χ3v) is 5.16. The summed E-state index contributed by atoms with van der Waals surface area (Å²) in [6.45, 7) is 4.32. The molecule has 0 atom stereocenters. The Morgan fingerprint density at radius 3 is 2.83 bits per heavy atom. The van der Waals surface area contributed by atoms with Gasteiger partial charge in [0.05, 0.1) is 5.69 Å². The van der Waals surface area contributed by atoms with E-state index in [2.05, 4.69) is 40.1 Å². The summed E-state index contributed by atoms with van der Waals surface area (Å²) in [4.78, 5) is 18.5. The van der Waals surface area contributed by atoms with Gasteiger partial charge in [-0.3, -0.25) is 4.79 Å². The zero-order chi connectivity index (χ0) is 17.3. The largest absolute Gasteiger partial charge is 0.397 e. The summed E-state index contributed by atoms with van der Waals surface area (Å²) in [7, 11) is 0. The molecule has 0 saturated heterocycles. The number of rotatable bonds is 4. The lowest BCUT2D eigenvalue weighted by Crippen LogP contribution is -2.11. The van der Waals surface area contributed by atoms with E-state index >= 15 is 0 Å². The van der Waals surface area contributed by atoms with Gasteiger partial charge in [-0.15, -0.1) is 11.3 Å². The molecule has 124 valence electrons. The minimum Gasteiger partial charge on any atom is -0.397 e. The van der Waals surface area contributed by atoms with Crippen LogP contribution in [0.1, 0.15) is 29.2 Å². The Kier molecular flexibility index (Phi) is 4.87. The van der Waals surface area contributed by atoms with Gasteiger partial charge in [0.25, 0.3) is 5.91 Å². The molecule has 0 aliphatic carbocycles. The highest BCUT2D eigenvalue weighted by atomic mass is 79.9. The Morgan fingerprint density at radius 1 is 1.33 bits per heavy atom. The van der Waals surface area contributed by atoms with Gasteiger partial charge in [0.1, 0.15) is 9.71 Å². The summed E-state index contributed by atoms with van der Waals surface area (Å²) in [6, 6.07) is 11.4. The number of anilines is 2. The zero-order valence-electron chi connectivity index (χ0n) is 13.5. The topological polar surface area (TPSA) is 68.0 Å². The highest BCUT2D eigenvalue weighted by Gasteiger charge is 2.18. The third kappa shape index (κ3) is 3.60. The Labute approximate surface area is 153 Å². The number of hydrogen-bond acceptors (Lipinski definition) is 4. The summed E-state index contributed by atoms with van der Waals surface area (Å²) in [5, 5.41) is 3.72. The molecule has 1 amide bonds. The second kappa shape index (κ2) is 6.91. The van der Waals surface area contributed by atoms with E-state index in [-0.39, 0.29) is 5.91 Å². The molecule has 1 aromatic carbocycles. The first kappa shape index (κ1) is 16.9.